The average molecular weight is 598 g/mol. The molecule has 0 bridgehead atoms. The molecule has 0 spiro atoms. The number of amides is 3. The van der Waals surface area contributed by atoms with E-state index in [1.54, 1.807) is 18.3 Å². The maximum atomic E-state index is 13.2. The van der Waals surface area contributed by atoms with Crippen LogP contribution in [0.3, 0.4) is 0 Å². The Morgan fingerprint density at radius 2 is 1.93 bits per heavy atom. The lowest BCUT2D eigenvalue weighted by Crippen LogP contribution is -2.50. The maximum absolute atomic E-state index is 13.2. The van der Waals surface area contributed by atoms with Crippen LogP contribution in [0.1, 0.15) is 39.4 Å². The van der Waals surface area contributed by atoms with Crippen molar-refractivity contribution in [3.05, 3.63) is 53.3 Å². The van der Waals surface area contributed by atoms with E-state index in [9.17, 15) is 14.4 Å². The Hall–Kier alpha value is -4.33. The number of carbonyl (C=O) groups is 3. The van der Waals surface area contributed by atoms with Gasteiger partial charge in [0.05, 0.1) is 30.2 Å². The minimum absolute atomic E-state index is 0.0227. The molecule has 0 radical (unpaired) electrons. The van der Waals surface area contributed by atoms with Crippen LogP contribution >= 0.6 is 11.3 Å². The Labute approximate surface area is 256 Å². The van der Waals surface area contributed by atoms with Crippen molar-refractivity contribution in [2.24, 2.45) is 11.8 Å². The summed E-state index contributed by atoms with van der Waals surface area (Å²) in [7, 11) is 7.15. The summed E-state index contributed by atoms with van der Waals surface area (Å²) >= 11 is 1.26. The molecule has 43 heavy (non-hydrogen) atoms. The van der Waals surface area contributed by atoms with Gasteiger partial charge >= 0.3 is 0 Å². The highest BCUT2D eigenvalue weighted by Crippen LogP contribution is 2.40. The minimum atomic E-state index is -0.508. The van der Waals surface area contributed by atoms with E-state index in [0.717, 1.165) is 25.8 Å². The second-order valence-electron chi connectivity index (χ2n) is 11.6. The smallest absolute Gasteiger partial charge is 0.272 e. The highest BCUT2D eigenvalue weighted by atomic mass is 32.1. The van der Waals surface area contributed by atoms with Gasteiger partial charge in [0.1, 0.15) is 33.4 Å². The van der Waals surface area contributed by atoms with Crippen molar-refractivity contribution >= 4 is 69.8 Å². The molecule has 3 amide bonds. The van der Waals surface area contributed by atoms with Crippen molar-refractivity contribution in [3.8, 4) is 16.3 Å². The molecule has 3 aromatic rings. The third kappa shape index (κ3) is 7.75. The van der Waals surface area contributed by atoms with Crippen LogP contribution in [0.2, 0.25) is 0 Å². The number of ether oxygens (including phenoxy) is 1. The van der Waals surface area contributed by atoms with Crippen molar-refractivity contribution in [3.63, 3.8) is 0 Å². The van der Waals surface area contributed by atoms with Crippen LogP contribution in [-0.4, -0.2) is 81.9 Å². The molecule has 12 nitrogen and oxygen atoms in total. The number of nitrogens with one attached hydrogen (secondary N) is 5. The molecule has 1 unspecified atom stereocenters. The van der Waals surface area contributed by atoms with E-state index in [1.165, 1.54) is 18.4 Å². The zero-order valence-corrected chi connectivity index (χ0v) is 25.4. The number of aromatic nitrogens is 3. The first-order chi connectivity index (χ1) is 20.6. The van der Waals surface area contributed by atoms with Crippen molar-refractivity contribution in [1.29, 1.82) is 0 Å². The number of para-hydroxylation sites is 1. The molecule has 2 aromatic heterocycles. The van der Waals surface area contributed by atoms with E-state index in [2.05, 4.69) is 47.8 Å². The van der Waals surface area contributed by atoms with Crippen molar-refractivity contribution in [1.82, 2.24) is 31.1 Å². The van der Waals surface area contributed by atoms with Gasteiger partial charge in [-0.05, 0) is 48.8 Å². The summed E-state index contributed by atoms with van der Waals surface area (Å²) in [6.45, 7) is 1.45. The zero-order valence-electron chi connectivity index (χ0n) is 24.6. The first-order valence-corrected chi connectivity index (χ1v) is 15.0. The molecular weight excluding hydrogens is 565 g/mol. The molecule has 3 heterocycles. The highest BCUT2D eigenvalue weighted by Gasteiger charge is 2.30. The third-order valence-corrected chi connectivity index (χ3v) is 7.85. The summed E-state index contributed by atoms with van der Waals surface area (Å²) in [5, 5.41) is 23.4. The predicted octanol–water partition coefficient (Wildman–Crippen LogP) is -0.206. The molecule has 1 aliphatic carbocycles. The van der Waals surface area contributed by atoms with E-state index in [-0.39, 0.29) is 29.2 Å². The van der Waals surface area contributed by atoms with Crippen LogP contribution in [0.5, 0.6) is 5.75 Å². The fraction of sp³-hybridized carbons (Fsp3) is 0.333. The number of rotatable bonds is 11. The second-order valence-corrected chi connectivity index (χ2v) is 12.6. The van der Waals surface area contributed by atoms with Gasteiger partial charge in [-0.1, -0.05) is 12.1 Å². The number of hydrogen-bond donors (Lipinski definition) is 5. The molecule has 5 rings (SSSR count). The molecule has 1 saturated carbocycles. The third-order valence-electron chi connectivity index (χ3n) is 6.82. The summed E-state index contributed by atoms with van der Waals surface area (Å²) in [4.78, 5) is 43.4. The lowest BCUT2D eigenvalue weighted by molar-refractivity contribution is -0.117. The average Bonchev–Trinajstić information content (AvgIpc) is 3.72. The molecule has 1 aromatic carbocycles. The van der Waals surface area contributed by atoms with E-state index in [1.807, 2.05) is 41.9 Å². The lowest BCUT2D eigenvalue weighted by Gasteiger charge is -2.22. The van der Waals surface area contributed by atoms with Crippen LogP contribution in [0.15, 0.2) is 42.7 Å². The fourth-order valence-electron chi connectivity index (χ4n) is 4.50. The topological polar surface area (TPSA) is 159 Å². The van der Waals surface area contributed by atoms with Gasteiger partial charge in [-0.2, -0.15) is 0 Å². The van der Waals surface area contributed by atoms with E-state index in [0.29, 0.717) is 45.0 Å². The number of thiazole rings is 1. The van der Waals surface area contributed by atoms with Crippen molar-refractivity contribution in [2.45, 2.75) is 24.5 Å². The molecule has 1 aliphatic heterocycles. The number of hydrogen-bond acceptors (Lipinski definition) is 10. The first kappa shape index (κ1) is 30.1. The van der Waals surface area contributed by atoms with E-state index in [4.69, 9.17) is 4.74 Å². The monoisotopic (exact) mass is 598 g/mol. The largest absolute Gasteiger partial charge is 0.494 e. The van der Waals surface area contributed by atoms with Crippen molar-refractivity contribution in [2.75, 3.05) is 30.8 Å². The van der Waals surface area contributed by atoms with Crippen LogP contribution in [-0.2, 0) is 4.79 Å². The maximum Gasteiger partial charge on any atom is 0.272 e. The minimum Gasteiger partial charge on any atom is -0.494 e. The fourth-order valence-corrected chi connectivity index (χ4v) is 5.35. The number of anilines is 3. The standard InChI is InChI=1S/C27H33B3N8O4S/c1-42-22-16(26-33-13-19(43-26)24(40)32-12-14-7-9-31-10-8-14)3-2-4-17(22)34-18-11-20(35-23(39)15-5-6-15)37-38-21(18)25(41)36-27(28,29)30/h2-4,7,9,11,13-15,31H,5-6,8,10,12,28-30H2,1H3,(H,32,40)(H,36,41)(H2,34,35,37,39). The van der Waals surface area contributed by atoms with Crippen LogP contribution in [0.4, 0.5) is 17.2 Å². The molecular formula is C27H33B3N8O4S. The van der Waals surface area contributed by atoms with E-state index < -0.39 is 11.1 Å². The Morgan fingerprint density at radius 1 is 1.12 bits per heavy atom. The van der Waals surface area contributed by atoms with E-state index >= 15 is 0 Å². The van der Waals surface area contributed by atoms with Crippen LogP contribution in [0, 0.1) is 11.8 Å². The van der Waals surface area contributed by atoms with Gasteiger partial charge in [0.15, 0.2) is 17.3 Å². The molecule has 5 N–H and O–H groups in total. The Kier molecular flexibility index (Phi) is 9.04. The molecule has 16 heteroatoms. The molecule has 0 saturated heterocycles. The highest BCUT2D eigenvalue weighted by molar-refractivity contribution is 7.17. The summed E-state index contributed by atoms with van der Waals surface area (Å²) in [6, 6.07) is 7.05. The van der Waals surface area contributed by atoms with Gasteiger partial charge < -0.3 is 31.3 Å². The zero-order chi connectivity index (χ0) is 30.6. The Morgan fingerprint density at radius 3 is 2.63 bits per heavy atom. The molecule has 220 valence electrons. The number of nitrogens with zero attached hydrogens (tertiary/aromatic N) is 3. The molecule has 1 atom stereocenters. The lowest BCUT2D eigenvalue weighted by atomic mass is 9.49. The number of carbonyl (C=O) groups excluding carboxylic acids is 3. The summed E-state index contributed by atoms with van der Waals surface area (Å²) in [5.74, 6) is 0.244. The molecule has 2 aliphatic rings. The Bertz CT molecular complexity index is 1560. The van der Waals surface area contributed by atoms with Gasteiger partial charge in [-0.15, -0.1) is 21.5 Å². The summed E-state index contributed by atoms with van der Waals surface area (Å²) in [6.07, 6.45) is 8.19. The van der Waals surface area contributed by atoms with Gasteiger partial charge in [0, 0.05) is 25.1 Å². The molecule has 1 fully saturated rings. The van der Waals surface area contributed by atoms with Gasteiger partial charge in [0.25, 0.3) is 11.8 Å². The summed E-state index contributed by atoms with van der Waals surface area (Å²) in [5.41, 5.74) is 1.60. The van der Waals surface area contributed by atoms with Crippen LogP contribution in [0.25, 0.3) is 10.6 Å². The van der Waals surface area contributed by atoms with Crippen molar-refractivity contribution < 1.29 is 19.1 Å². The summed E-state index contributed by atoms with van der Waals surface area (Å²) < 4.78 is 5.80. The SMILES string of the molecule is BC(B)(B)NC(=O)c1nnc(NC(=O)C2CC2)cc1Nc1cccc(-c2ncc(C(=O)NCC3C=CNCC3)s2)c1OC. The van der Waals surface area contributed by atoms with Gasteiger partial charge in [-0.3, -0.25) is 14.4 Å². The normalized spacial score (nSPS) is 16.1. The second kappa shape index (κ2) is 12.9. The van der Waals surface area contributed by atoms with Crippen LogP contribution < -0.4 is 31.3 Å². The first-order valence-electron chi connectivity index (χ1n) is 14.2. The van der Waals surface area contributed by atoms with Gasteiger partial charge in [-0.25, -0.2) is 4.98 Å². The predicted molar refractivity (Wildman–Crippen MR) is 174 cm³/mol. The number of benzene rings is 1. The number of methoxy groups -OCH3 is 1. The Balaban J connectivity index is 1.40. The van der Waals surface area contributed by atoms with Gasteiger partial charge in [0.2, 0.25) is 5.91 Å². The quantitative estimate of drug-likeness (QED) is 0.189.